The lowest BCUT2D eigenvalue weighted by Crippen LogP contribution is -2.34. The second kappa shape index (κ2) is 6.17. The first kappa shape index (κ1) is 12.6. The average Bonchev–Trinajstić information content (AvgIpc) is 2.99. The lowest BCUT2D eigenvalue weighted by atomic mass is 9.90. The fraction of sp³-hybridized carbons (Fsp3) is 0.615. The third-order valence-corrected chi connectivity index (χ3v) is 4.13. The highest BCUT2D eigenvalue weighted by Crippen LogP contribution is 2.40. The summed E-state index contributed by atoms with van der Waals surface area (Å²) in [4.78, 5) is 12.1. The summed E-state index contributed by atoms with van der Waals surface area (Å²) in [5, 5.41) is 7.22. The molecule has 94 valence electrons. The molecule has 0 saturated heterocycles. The molecule has 0 spiro atoms. The Morgan fingerprint density at radius 1 is 1.59 bits per heavy atom. The SMILES string of the molecule is COCCNC(=O)[C@H]1CCC[C@H]1c1ccsc1. The molecule has 2 atom stereocenters. The number of thiophene rings is 1. The summed E-state index contributed by atoms with van der Waals surface area (Å²) in [6.07, 6.45) is 3.31. The van der Waals surface area contributed by atoms with Crippen LogP contribution in [0.15, 0.2) is 16.8 Å². The summed E-state index contributed by atoms with van der Waals surface area (Å²) in [5.41, 5.74) is 1.33. The molecule has 1 aliphatic rings. The summed E-state index contributed by atoms with van der Waals surface area (Å²) in [6, 6.07) is 2.15. The van der Waals surface area contributed by atoms with E-state index in [4.69, 9.17) is 4.74 Å². The van der Waals surface area contributed by atoms with Crippen LogP contribution in [0.4, 0.5) is 0 Å². The molecule has 0 aliphatic heterocycles. The summed E-state index contributed by atoms with van der Waals surface area (Å²) in [6.45, 7) is 1.20. The largest absolute Gasteiger partial charge is 0.383 e. The van der Waals surface area contributed by atoms with E-state index < -0.39 is 0 Å². The van der Waals surface area contributed by atoms with E-state index in [-0.39, 0.29) is 11.8 Å². The van der Waals surface area contributed by atoms with Crippen LogP contribution in [0.3, 0.4) is 0 Å². The molecule has 0 aromatic carbocycles. The first-order valence-corrected chi connectivity index (χ1v) is 7.06. The Bertz CT molecular complexity index is 350. The zero-order valence-electron chi connectivity index (χ0n) is 10.1. The highest BCUT2D eigenvalue weighted by molar-refractivity contribution is 7.08. The van der Waals surface area contributed by atoms with Crippen molar-refractivity contribution in [3.63, 3.8) is 0 Å². The summed E-state index contributed by atoms with van der Waals surface area (Å²) in [5.74, 6) is 0.765. The van der Waals surface area contributed by atoms with Crippen molar-refractivity contribution in [2.24, 2.45) is 5.92 Å². The van der Waals surface area contributed by atoms with E-state index in [1.807, 2.05) is 0 Å². The average molecular weight is 253 g/mol. The molecular weight excluding hydrogens is 234 g/mol. The van der Waals surface area contributed by atoms with Gasteiger partial charge in [0.15, 0.2) is 0 Å². The Morgan fingerprint density at radius 3 is 3.18 bits per heavy atom. The normalized spacial score (nSPS) is 23.8. The fourth-order valence-corrected chi connectivity index (χ4v) is 3.29. The van der Waals surface area contributed by atoms with Gasteiger partial charge in [0.05, 0.1) is 6.61 Å². The van der Waals surface area contributed by atoms with Crippen molar-refractivity contribution in [2.45, 2.75) is 25.2 Å². The van der Waals surface area contributed by atoms with Gasteiger partial charge in [0, 0.05) is 19.6 Å². The summed E-state index contributed by atoms with van der Waals surface area (Å²) >= 11 is 1.71. The molecule has 1 aromatic heterocycles. The minimum absolute atomic E-state index is 0.154. The first-order chi connectivity index (χ1) is 8.33. The van der Waals surface area contributed by atoms with Gasteiger partial charge in [-0.3, -0.25) is 4.79 Å². The van der Waals surface area contributed by atoms with Crippen LogP contribution in [0, 0.1) is 5.92 Å². The summed E-state index contributed by atoms with van der Waals surface area (Å²) < 4.78 is 4.94. The second-order valence-electron chi connectivity index (χ2n) is 4.48. The van der Waals surface area contributed by atoms with Crippen molar-refractivity contribution in [1.29, 1.82) is 0 Å². The van der Waals surface area contributed by atoms with Gasteiger partial charge in [-0.25, -0.2) is 0 Å². The predicted octanol–water partition coefficient (Wildman–Crippen LogP) is 2.39. The minimum atomic E-state index is 0.154. The highest BCUT2D eigenvalue weighted by Gasteiger charge is 2.33. The molecule has 1 aliphatic carbocycles. The molecule has 1 amide bonds. The molecule has 1 N–H and O–H groups in total. The predicted molar refractivity (Wildman–Crippen MR) is 69.3 cm³/mol. The Morgan fingerprint density at radius 2 is 2.47 bits per heavy atom. The molecule has 0 bridgehead atoms. The number of methoxy groups -OCH3 is 1. The highest BCUT2D eigenvalue weighted by atomic mass is 32.1. The van der Waals surface area contributed by atoms with E-state index in [0.29, 0.717) is 19.1 Å². The smallest absolute Gasteiger partial charge is 0.223 e. The van der Waals surface area contributed by atoms with E-state index in [0.717, 1.165) is 19.3 Å². The van der Waals surface area contributed by atoms with Gasteiger partial charge in [-0.05, 0) is 41.1 Å². The third-order valence-electron chi connectivity index (χ3n) is 3.43. The first-order valence-electron chi connectivity index (χ1n) is 6.11. The number of amides is 1. The Hall–Kier alpha value is -0.870. The zero-order valence-corrected chi connectivity index (χ0v) is 11.0. The Balaban J connectivity index is 1.93. The standard InChI is InChI=1S/C13H19NO2S/c1-16-7-6-14-13(15)12-4-2-3-11(12)10-5-8-17-9-10/h5,8-9,11-12H,2-4,6-7H2,1H3,(H,14,15)/t11-,12-/m0/s1. The lowest BCUT2D eigenvalue weighted by molar-refractivity contribution is -0.125. The minimum Gasteiger partial charge on any atom is -0.383 e. The topological polar surface area (TPSA) is 38.3 Å². The van der Waals surface area contributed by atoms with Crippen LogP contribution >= 0.6 is 11.3 Å². The van der Waals surface area contributed by atoms with Crippen molar-refractivity contribution >= 4 is 17.2 Å². The second-order valence-corrected chi connectivity index (χ2v) is 5.26. The molecular formula is C13H19NO2S. The van der Waals surface area contributed by atoms with Gasteiger partial charge in [-0.1, -0.05) is 6.42 Å². The molecule has 17 heavy (non-hydrogen) atoms. The van der Waals surface area contributed by atoms with Crippen LogP contribution in [0.5, 0.6) is 0 Å². The van der Waals surface area contributed by atoms with Gasteiger partial charge < -0.3 is 10.1 Å². The number of ether oxygens (including phenoxy) is 1. The van der Waals surface area contributed by atoms with Crippen LogP contribution in [-0.2, 0) is 9.53 Å². The number of hydrogen-bond acceptors (Lipinski definition) is 3. The molecule has 1 aromatic rings. The molecule has 3 nitrogen and oxygen atoms in total. The van der Waals surface area contributed by atoms with Crippen LogP contribution in [0.2, 0.25) is 0 Å². The number of hydrogen-bond donors (Lipinski definition) is 1. The lowest BCUT2D eigenvalue weighted by Gasteiger charge is -2.18. The third kappa shape index (κ3) is 3.07. The van der Waals surface area contributed by atoms with Gasteiger partial charge in [-0.15, -0.1) is 0 Å². The summed E-state index contributed by atoms with van der Waals surface area (Å²) in [7, 11) is 1.65. The van der Waals surface area contributed by atoms with E-state index in [1.54, 1.807) is 18.4 Å². The van der Waals surface area contributed by atoms with Crippen molar-refractivity contribution in [3.05, 3.63) is 22.4 Å². The van der Waals surface area contributed by atoms with Gasteiger partial charge in [0.1, 0.15) is 0 Å². The van der Waals surface area contributed by atoms with Crippen molar-refractivity contribution < 1.29 is 9.53 Å². The van der Waals surface area contributed by atoms with Crippen molar-refractivity contribution in [1.82, 2.24) is 5.32 Å². The number of carbonyl (C=O) groups excluding carboxylic acids is 1. The Labute approximate surface area is 106 Å². The molecule has 4 heteroatoms. The van der Waals surface area contributed by atoms with Gasteiger partial charge in [-0.2, -0.15) is 11.3 Å². The molecule has 1 heterocycles. The monoisotopic (exact) mass is 253 g/mol. The van der Waals surface area contributed by atoms with Crippen LogP contribution < -0.4 is 5.32 Å². The molecule has 1 saturated carbocycles. The zero-order chi connectivity index (χ0) is 12.1. The van der Waals surface area contributed by atoms with Crippen molar-refractivity contribution in [3.8, 4) is 0 Å². The molecule has 0 unspecified atom stereocenters. The van der Waals surface area contributed by atoms with E-state index in [1.165, 1.54) is 5.56 Å². The maximum absolute atomic E-state index is 12.1. The van der Waals surface area contributed by atoms with Gasteiger partial charge in [0.25, 0.3) is 0 Å². The van der Waals surface area contributed by atoms with E-state index in [2.05, 4.69) is 22.1 Å². The molecule has 2 rings (SSSR count). The van der Waals surface area contributed by atoms with E-state index in [9.17, 15) is 4.79 Å². The maximum atomic E-state index is 12.1. The van der Waals surface area contributed by atoms with Crippen LogP contribution in [0.25, 0.3) is 0 Å². The van der Waals surface area contributed by atoms with Crippen molar-refractivity contribution in [2.75, 3.05) is 20.3 Å². The van der Waals surface area contributed by atoms with Gasteiger partial charge >= 0.3 is 0 Å². The Kier molecular flexibility index (Phi) is 4.57. The maximum Gasteiger partial charge on any atom is 0.223 e. The number of carbonyl (C=O) groups is 1. The van der Waals surface area contributed by atoms with E-state index >= 15 is 0 Å². The fourth-order valence-electron chi connectivity index (χ4n) is 2.57. The number of nitrogens with one attached hydrogen (secondary N) is 1. The number of rotatable bonds is 5. The molecule has 1 fully saturated rings. The quantitative estimate of drug-likeness (QED) is 0.818. The van der Waals surface area contributed by atoms with Crippen LogP contribution in [0.1, 0.15) is 30.7 Å². The van der Waals surface area contributed by atoms with Crippen LogP contribution in [-0.4, -0.2) is 26.2 Å². The van der Waals surface area contributed by atoms with Gasteiger partial charge in [0.2, 0.25) is 5.91 Å². The molecule has 0 radical (unpaired) electrons.